The van der Waals surface area contributed by atoms with Crippen molar-refractivity contribution in [1.82, 2.24) is 14.5 Å². The molecule has 1 amide bonds. The highest BCUT2D eigenvalue weighted by Crippen LogP contribution is 2.37. The summed E-state index contributed by atoms with van der Waals surface area (Å²) in [5, 5.41) is 0. The molecule has 0 saturated carbocycles. The smallest absolute Gasteiger partial charge is 0.224 e. The van der Waals surface area contributed by atoms with Crippen LogP contribution in [-0.4, -0.2) is 41.1 Å². The Balaban J connectivity index is 1.71. The Kier molecular flexibility index (Phi) is 5.03. The van der Waals surface area contributed by atoms with Crippen LogP contribution in [0.15, 0.2) is 36.9 Å². The molecule has 1 aromatic heterocycles. The second-order valence-electron chi connectivity index (χ2n) is 5.91. The fourth-order valence-electron chi connectivity index (χ4n) is 3.26. The van der Waals surface area contributed by atoms with Crippen LogP contribution >= 0.6 is 0 Å². The zero-order chi connectivity index (χ0) is 16.9. The van der Waals surface area contributed by atoms with Gasteiger partial charge in [-0.1, -0.05) is 6.07 Å². The minimum Gasteiger partial charge on any atom is -0.493 e. The molecule has 6 nitrogen and oxygen atoms in total. The van der Waals surface area contributed by atoms with Crippen molar-refractivity contribution in [3.8, 4) is 11.5 Å². The number of amides is 1. The van der Waals surface area contributed by atoms with E-state index in [0.29, 0.717) is 24.5 Å². The van der Waals surface area contributed by atoms with Crippen LogP contribution < -0.4 is 9.47 Å². The van der Waals surface area contributed by atoms with E-state index >= 15 is 0 Å². The number of benzene rings is 1. The molecule has 1 aromatic carbocycles. The van der Waals surface area contributed by atoms with Gasteiger partial charge in [0.2, 0.25) is 5.91 Å². The molecule has 1 aliphatic heterocycles. The van der Waals surface area contributed by atoms with E-state index in [1.165, 1.54) is 0 Å². The average molecular weight is 329 g/mol. The SMILES string of the molecule is COc1ccc(C2CCCN2C(=O)CCn2ccnc2)cc1OC. The van der Waals surface area contributed by atoms with Gasteiger partial charge in [-0.05, 0) is 30.5 Å². The van der Waals surface area contributed by atoms with Gasteiger partial charge in [-0.25, -0.2) is 4.98 Å². The molecule has 2 aromatic rings. The summed E-state index contributed by atoms with van der Waals surface area (Å²) in [6.45, 7) is 1.47. The topological polar surface area (TPSA) is 56.6 Å². The molecule has 24 heavy (non-hydrogen) atoms. The number of hydrogen-bond donors (Lipinski definition) is 0. The normalized spacial score (nSPS) is 17.1. The van der Waals surface area contributed by atoms with E-state index in [4.69, 9.17) is 9.47 Å². The van der Waals surface area contributed by atoms with Gasteiger partial charge in [0.25, 0.3) is 0 Å². The van der Waals surface area contributed by atoms with Crippen LogP contribution in [0.5, 0.6) is 11.5 Å². The molecule has 1 saturated heterocycles. The fourth-order valence-corrected chi connectivity index (χ4v) is 3.26. The number of aromatic nitrogens is 2. The van der Waals surface area contributed by atoms with Crippen LogP contribution in [-0.2, 0) is 11.3 Å². The Labute approximate surface area is 142 Å². The maximum absolute atomic E-state index is 12.6. The van der Waals surface area contributed by atoms with Gasteiger partial charge in [-0.2, -0.15) is 0 Å². The van der Waals surface area contributed by atoms with Crippen molar-refractivity contribution in [2.24, 2.45) is 0 Å². The van der Waals surface area contributed by atoms with E-state index in [2.05, 4.69) is 4.98 Å². The fraction of sp³-hybridized carbons (Fsp3) is 0.444. The summed E-state index contributed by atoms with van der Waals surface area (Å²) in [4.78, 5) is 18.6. The van der Waals surface area contributed by atoms with Gasteiger partial charge < -0.3 is 18.9 Å². The van der Waals surface area contributed by atoms with Crippen molar-refractivity contribution in [3.05, 3.63) is 42.5 Å². The van der Waals surface area contributed by atoms with E-state index in [-0.39, 0.29) is 11.9 Å². The molecule has 0 bridgehead atoms. The molecule has 1 unspecified atom stereocenters. The molecular formula is C18H23N3O3. The van der Waals surface area contributed by atoms with Crippen LogP contribution in [0.2, 0.25) is 0 Å². The van der Waals surface area contributed by atoms with Crippen molar-refractivity contribution in [2.75, 3.05) is 20.8 Å². The Hall–Kier alpha value is -2.50. The van der Waals surface area contributed by atoms with Crippen molar-refractivity contribution < 1.29 is 14.3 Å². The first-order valence-corrected chi connectivity index (χ1v) is 8.20. The van der Waals surface area contributed by atoms with Crippen LogP contribution in [0.25, 0.3) is 0 Å². The lowest BCUT2D eigenvalue weighted by molar-refractivity contribution is -0.132. The molecule has 2 heterocycles. The first-order valence-electron chi connectivity index (χ1n) is 8.20. The first-order chi connectivity index (χ1) is 11.7. The Morgan fingerprint density at radius 2 is 2.12 bits per heavy atom. The van der Waals surface area contributed by atoms with Crippen molar-refractivity contribution in [1.29, 1.82) is 0 Å². The van der Waals surface area contributed by atoms with Crippen LogP contribution in [0.4, 0.5) is 0 Å². The van der Waals surface area contributed by atoms with Crippen molar-refractivity contribution in [2.45, 2.75) is 31.8 Å². The third-order valence-electron chi connectivity index (χ3n) is 4.51. The molecule has 1 aliphatic rings. The van der Waals surface area contributed by atoms with Gasteiger partial charge in [0, 0.05) is 31.9 Å². The molecule has 0 N–H and O–H groups in total. The van der Waals surface area contributed by atoms with Gasteiger partial charge in [0.05, 0.1) is 26.6 Å². The van der Waals surface area contributed by atoms with Crippen LogP contribution in [0, 0.1) is 0 Å². The number of methoxy groups -OCH3 is 2. The third kappa shape index (κ3) is 3.37. The molecule has 0 spiro atoms. The molecule has 0 aliphatic carbocycles. The highest BCUT2D eigenvalue weighted by atomic mass is 16.5. The Morgan fingerprint density at radius 1 is 1.29 bits per heavy atom. The molecule has 1 fully saturated rings. The zero-order valence-electron chi connectivity index (χ0n) is 14.1. The highest BCUT2D eigenvalue weighted by molar-refractivity contribution is 5.77. The van der Waals surface area contributed by atoms with Gasteiger partial charge >= 0.3 is 0 Å². The van der Waals surface area contributed by atoms with E-state index < -0.39 is 0 Å². The van der Waals surface area contributed by atoms with Gasteiger partial charge in [0.15, 0.2) is 11.5 Å². The highest BCUT2D eigenvalue weighted by Gasteiger charge is 2.30. The molecule has 1 atom stereocenters. The summed E-state index contributed by atoms with van der Waals surface area (Å²) in [7, 11) is 3.25. The standard InChI is InChI=1S/C18H23N3O3/c1-23-16-6-5-14(12-17(16)24-2)15-4-3-9-21(15)18(22)7-10-20-11-8-19-13-20/h5-6,8,11-13,15H,3-4,7,9-10H2,1-2H3. The molecule has 0 radical (unpaired) electrons. The summed E-state index contributed by atoms with van der Waals surface area (Å²) in [6.07, 6.45) is 7.83. The molecule has 128 valence electrons. The van der Waals surface area contributed by atoms with E-state index in [1.807, 2.05) is 33.9 Å². The number of ether oxygens (including phenoxy) is 2. The number of rotatable bonds is 6. The Morgan fingerprint density at radius 3 is 2.83 bits per heavy atom. The van der Waals surface area contributed by atoms with E-state index in [0.717, 1.165) is 24.9 Å². The minimum absolute atomic E-state index is 0.111. The number of carbonyl (C=O) groups is 1. The number of nitrogens with zero attached hydrogens (tertiary/aromatic N) is 3. The minimum atomic E-state index is 0.111. The third-order valence-corrected chi connectivity index (χ3v) is 4.51. The lowest BCUT2D eigenvalue weighted by Crippen LogP contribution is -2.31. The quantitative estimate of drug-likeness (QED) is 0.817. The summed E-state index contributed by atoms with van der Waals surface area (Å²) >= 11 is 0. The summed E-state index contributed by atoms with van der Waals surface area (Å²) < 4.78 is 12.6. The Bertz CT molecular complexity index is 685. The number of imidazole rings is 1. The predicted molar refractivity (Wildman–Crippen MR) is 90.1 cm³/mol. The van der Waals surface area contributed by atoms with Gasteiger partial charge in [-0.3, -0.25) is 4.79 Å². The van der Waals surface area contributed by atoms with Crippen molar-refractivity contribution in [3.63, 3.8) is 0 Å². The largest absolute Gasteiger partial charge is 0.493 e. The second kappa shape index (κ2) is 7.38. The second-order valence-corrected chi connectivity index (χ2v) is 5.91. The summed E-state index contributed by atoms with van der Waals surface area (Å²) in [5.74, 6) is 1.59. The first kappa shape index (κ1) is 16.4. The number of carbonyl (C=O) groups excluding carboxylic acids is 1. The van der Waals surface area contributed by atoms with E-state index in [1.54, 1.807) is 26.7 Å². The average Bonchev–Trinajstić information content (AvgIpc) is 3.30. The number of likely N-dealkylation sites (tertiary alicyclic amines) is 1. The monoisotopic (exact) mass is 329 g/mol. The van der Waals surface area contributed by atoms with Gasteiger partial charge in [-0.15, -0.1) is 0 Å². The number of hydrogen-bond acceptors (Lipinski definition) is 4. The summed E-state index contributed by atoms with van der Waals surface area (Å²) in [6, 6.07) is 6.01. The van der Waals surface area contributed by atoms with Crippen LogP contribution in [0.3, 0.4) is 0 Å². The molecule has 3 rings (SSSR count). The zero-order valence-corrected chi connectivity index (χ0v) is 14.1. The van der Waals surface area contributed by atoms with Crippen LogP contribution in [0.1, 0.15) is 30.9 Å². The predicted octanol–water partition coefficient (Wildman–Crippen LogP) is 2.65. The lowest BCUT2D eigenvalue weighted by atomic mass is 10.0. The maximum atomic E-state index is 12.6. The van der Waals surface area contributed by atoms with Crippen molar-refractivity contribution >= 4 is 5.91 Å². The molecular weight excluding hydrogens is 306 g/mol. The maximum Gasteiger partial charge on any atom is 0.224 e. The molecule has 6 heteroatoms. The van der Waals surface area contributed by atoms with Gasteiger partial charge in [0.1, 0.15) is 0 Å². The van der Waals surface area contributed by atoms with E-state index in [9.17, 15) is 4.79 Å². The summed E-state index contributed by atoms with van der Waals surface area (Å²) in [5.41, 5.74) is 1.10. The number of aryl methyl sites for hydroxylation is 1. The lowest BCUT2D eigenvalue weighted by Gasteiger charge is -2.26.